The van der Waals surface area contributed by atoms with E-state index >= 15 is 0 Å². The summed E-state index contributed by atoms with van der Waals surface area (Å²) in [4.78, 5) is 11.8. The average Bonchev–Trinajstić information content (AvgIpc) is 2.55. The Balaban J connectivity index is 1.67. The number of hydrogen-bond acceptors (Lipinski definition) is 3. The van der Waals surface area contributed by atoms with Crippen molar-refractivity contribution in [2.45, 2.75) is 12.8 Å². The lowest BCUT2D eigenvalue weighted by Crippen LogP contribution is -2.27. The number of benzene rings is 2. The van der Waals surface area contributed by atoms with Crippen molar-refractivity contribution in [1.82, 2.24) is 5.32 Å². The molecule has 122 valence electrons. The van der Waals surface area contributed by atoms with Crippen molar-refractivity contribution in [3.8, 4) is 11.5 Å². The Morgan fingerprint density at radius 1 is 1.17 bits per heavy atom. The lowest BCUT2D eigenvalue weighted by Gasteiger charge is -2.09. The van der Waals surface area contributed by atoms with E-state index in [2.05, 4.69) is 5.32 Å². The van der Waals surface area contributed by atoms with Crippen LogP contribution in [0.25, 0.3) is 0 Å². The lowest BCUT2D eigenvalue weighted by molar-refractivity contribution is -0.121. The number of hydrogen-bond donors (Lipinski definition) is 1. The second-order valence-electron chi connectivity index (χ2n) is 4.97. The average molecular weight is 334 g/mol. The third kappa shape index (κ3) is 5.83. The maximum absolute atomic E-state index is 11.8. The first kappa shape index (κ1) is 17.2. The fraction of sp³-hybridized carbons (Fsp3) is 0.278. The molecule has 2 aromatic rings. The monoisotopic (exact) mass is 333 g/mol. The summed E-state index contributed by atoms with van der Waals surface area (Å²) in [6, 6.07) is 14.9. The van der Waals surface area contributed by atoms with Gasteiger partial charge in [0, 0.05) is 11.6 Å². The Morgan fingerprint density at radius 2 is 2.00 bits per heavy atom. The van der Waals surface area contributed by atoms with Gasteiger partial charge in [-0.3, -0.25) is 4.79 Å². The molecule has 0 spiro atoms. The van der Waals surface area contributed by atoms with Crippen LogP contribution in [0.1, 0.15) is 12.0 Å². The largest absolute Gasteiger partial charge is 0.496 e. The zero-order valence-electron chi connectivity index (χ0n) is 13.0. The van der Waals surface area contributed by atoms with Gasteiger partial charge in [0.05, 0.1) is 20.1 Å². The van der Waals surface area contributed by atoms with E-state index in [4.69, 9.17) is 21.1 Å². The summed E-state index contributed by atoms with van der Waals surface area (Å²) in [5.74, 6) is 1.47. The van der Waals surface area contributed by atoms with Gasteiger partial charge in [-0.25, -0.2) is 0 Å². The number of halogens is 1. The summed E-state index contributed by atoms with van der Waals surface area (Å²) in [7, 11) is 1.64. The number of ether oxygens (including phenoxy) is 2. The maximum Gasteiger partial charge on any atom is 0.223 e. The molecule has 23 heavy (non-hydrogen) atoms. The molecule has 0 fully saturated rings. The summed E-state index contributed by atoms with van der Waals surface area (Å²) in [5.41, 5.74) is 1.07. The van der Waals surface area contributed by atoms with Gasteiger partial charge in [0.25, 0.3) is 0 Å². The van der Waals surface area contributed by atoms with Gasteiger partial charge in [-0.2, -0.15) is 0 Å². The second kappa shape index (κ2) is 9.06. The first-order chi connectivity index (χ1) is 11.2. The molecule has 0 heterocycles. The topological polar surface area (TPSA) is 47.6 Å². The van der Waals surface area contributed by atoms with Crippen LogP contribution in [0, 0.1) is 0 Å². The van der Waals surface area contributed by atoms with Gasteiger partial charge in [-0.1, -0.05) is 35.9 Å². The molecule has 0 aliphatic carbocycles. The van der Waals surface area contributed by atoms with Crippen LogP contribution in [0.4, 0.5) is 0 Å². The molecule has 1 amide bonds. The number of amides is 1. The third-order valence-electron chi connectivity index (χ3n) is 3.30. The number of nitrogens with one attached hydrogen (secondary N) is 1. The highest BCUT2D eigenvalue weighted by molar-refractivity contribution is 6.30. The normalized spacial score (nSPS) is 10.2. The highest BCUT2D eigenvalue weighted by Crippen LogP contribution is 2.18. The Labute approximate surface area is 141 Å². The summed E-state index contributed by atoms with van der Waals surface area (Å²) in [6.45, 7) is 0.886. The molecule has 1 N–H and O–H groups in total. The predicted octanol–water partition coefficient (Wildman–Crippen LogP) is 3.48. The maximum atomic E-state index is 11.8. The molecule has 0 saturated heterocycles. The molecule has 4 nitrogen and oxygen atoms in total. The minimum absolute atomic E-state index is 0.0399. The first-order valence-corrected chi connectivity index (χ1v) is 7.84. The van der Waals surface area contributed by atoms with Crippen molar-refractivity contribution >= 4 is 17.5 Å². The van der Waals surface area contributed by atoms with Gasteiger partial charge in [-0.15, -0.1) is 0 Å². The van der Waals surface area contributed by atoms with E-state index in [1.165, 1.54) is 0 Å². The van der Waals surface area contributed by atoms with Crippen LogP contribution in [0.15, 0.2) is 48.5 Å². The summed E-state index contributed by atoms with van der Waals surface area (Å²) in [6.07, 6.45) is 1.03. The number of rotatable bonds is 8. The Kier molecular flexibility index (Phi) is 6.76. The highest BCUT2D eigenvalue weighted by atomic mass is 35.5. The first-order valence-electron chi connectivity index (χ1n) is 7.46. The highest BCUT2D eigenvalue weighted by Gasteiger charge is 2.04. The third-order valence-corrected chi connectivity index (χ3v) is 3.54. The van der Waals surface area contributed by atoms with Gasteiger partial charge in [0.15, 0.2) is 0 Å². The SMILES string of the molecule is COc1ccccc1CCNC(=O)CCOc1cccc(Cl)c1. The number of methoxy groups -OCH3 is 1. The fourth-order valence-corrected chi connectivity index (χ4v) is 2.33. The molecule has 2 rings (SSSR count). The molecule has 0 atom stereocenters. The molecule has 2 aromatic carbocycles. The molecule has 0 aromatic heterocycles. The summed E-state index contributed by atoms with van der Waals surface area (Å²) in [5, 5.41) is 3.49. The van der Waals surface area contributed by atoms with E-state index in [0.717, 1.165) is 17.7 Å². The van der Waals surface area contributed by atoms with Gasteiger partial charge < -0.3 is 14.8 Å². The van der Waals surface area contributed by atoms with Gasteiger partial charge in [0.2, 0.25) is 5.91 Å². The van der Waals surface area contributed by atoms with Crippen molar-refractivity contribution in [2.75, 3.05) is 20.3 Å². The van der Waals surface area contributed by atoms with Crippen molar-refractivity contribution in [1.29, 1.82) is 0 Å². The molecular weight excluding hydrogens is 314 g/mol. The van der Waals surface area contributed by atoms with Crippen molar-refractivity contribution in [2.24, 2.45) is 0 Å². The van der Waals surface area contributed by atoms with E-state index < -0.39 is 0 Å². The predicted molar refractivity (Wildman–Crippen MR) is 91.3 cm³/mol. The molecule has 0 saturated carbocycles. The zero-order chi connectivity index (χ0) is 16.5. The van der Waals surface area contributed by atoms with Gasteiger partial charge in [-0.05, 0) is 36.2 Å². The molecule has 0 aliphatic rings. The van der Waals surface area contributed by atoms with E-state index in [9.17, 15) is 4.79 Å². The summed E-state index contributed by atoms with van der Waals surface area (Å²) >= 11 is 5.87. The van der Waals surface area contributed by atoms with Crippen LogP contribution < -0.4 is 14.8 Å². The number of para-hydroxylation sites is 1. The summed E-state index contributed by atoms with van der Waals surface area (Å²) < 4.78 is 10.8. The molecule has 0 aliphatic heterocycles. The van der Waals surface area contributed by atoms with Crippen LogP contribution in [0.3, 0.4) is 0 Å². The zero-order valence-corrected chi connectivity index (χ0v) is 13.8. The molecule has 0 bridgehead atoms. The van der Waals surface area contributed by atoms with E-state index in [-0.39, 0.29) is 5.91 Å². The van der Waals surface area contributed by atoms with E-state index in [0.29, 0.717) is 30.3 Å². The van der Waals surface area contributed by atoms with Crippen LogP contribution in [0.5, 0.6) is 11.5 Å². The van der Waals surface area contributed by atoms with Crippen LogP contribution in [0.2, 0.25) is 5.02 Å². The number of carbonyl (C=O) groups is 1. The fourth-order valence-electron chi connectivity index (χ4n) is 2.15. The standard InChI is InChI=1S/C18H20ClNO3/c1-22-17-8-3-2-5-14(17)9-11-20-18(21)10-12-23-16-7-4-6-15(19)13-16/h2-8,13H,9-12H2,1H3,(H,20,21). The Bertz CT molecular complexity index is 646. The van der Waals surface area contributed by atoms with Crippen molar-refractivity contribution in [3.63, 3.8) is 0 Å². The second-order valence-corrected chi connectivity index (χ2v) is 5.40. The molecular formula is C18H20ClNO3. The van der Waals surface area contributed by atoms with Gasteiger partial charge in [0.1, 0.15) is 11.5 Å². The molecule has 0 unspecified atom stereocenters. The Morgan fingerprint density at radius 3 is 2.78 bits per heavy atom. The van der Waals surface area contributed by atoms with E-state index in [1.54, 1.807) is 19.2 Å². The van der Waals surface area contributed by atoms with Crippen LogP contribution in [-0.4, -0.2) is 26.2 Å². The van der Waals surface area contributed by atoms with Crippen LogP contribution in [-0.2, 0) is 11.2 Å². The minimum atomic E-state index is -0.0399. The lowest BCUT2D eigenvalue weighted by atomic mass is 10.1. The molecule has 5 heteroatoms. The smallest absolute Gasteiger partial charge is 0.223 e. The number of carbonyl (C=O) groups excluding carboxylic acids is 1. The minimum Gasteiger partial charge on any atom is -0.496 e. The Hall–Kier alpha value is -2.20. The molecule has 0 radical (unpaired) electrons. The van der Waals surface area contributed by atoms with Gasteiger partial charge >= 0.3 is 0 Å². The van der Waals surface area contributed by atoms with E-state index in [1.807, 2.05) is 36.4 Å². The van der Waals surface area contributed by atoms with Crippen LogP contribution >= 0.6 is 11.6 Å². The van der Waals surface area contributed by atoms with Crippen molar-refractivity contribution in [3.05, 3.63) is 59.1 Å². The quantitative estimate of drug-likeness (QED) is 0.804. The van der Waals surface area contributed by atoms with Crippen molar-refractivity contribution < 1.29 is 14.3 Å².